The molecule has 0 spiro atoms. The summed E-state index contributed by atoms with van der Waals surface area (Å²) in [4.78, 5) is 4.50. The van der Waals surface area contributed by atoms with Crippen LogP contribution in [0, 0.1) is 53.8 Å². The average Bonchev–Trinajstić information content (AvgIpc) is 3.12. The van der Waals surface area contributed by atoms with Crippen LogP contribution in [0.5, 0.6) is 0 Å². The Hall–Kier alpha value is -1.05. The number of aryl methyl sites for hydroxylation is 1. The number of nitrogens with one attached hydrogen (secondary N) is 1. The summed E-state index contributed by atoms with van der Waals surface area (Å²) in [5, 5.41) is 3.84. The summed E-state index contributed by atoms with van der Waals surface area (Å²) >= 11 is 0. The lowest BCUT2D eigenvalue weighted by Crippen LogP contribution is -2.50. The first-order chi connectivity index (χ1) is 15.0. The van der Waals surface area contributed by atoms with Gasteiger partial charge in [-0.05, 0) is 124 Å². The highest BCUT2D eigenvalue weighted by molar-refractivity contribution is 5.42. The third kappa shape index (κ3) is 3.95. The van der Waals surface area contributed by atoms with Crippen LogP contribution >= 0.6 is 0 Å². The first kappa shape index (κ1) is 21.8. The third-order valence-corrected chi connectivity index (χ3v) is 10.7. The topological polar surface area (TPSA) is 24.9 Å². The lowest BCUT2D eigenvalue weighted by Gasteiger charge is -2.57. The van der Waals surface area contributed by atoms with Gasteiger partial charge in [0.1, 0.15) is 0 Å². The highest BCUT2D eigenvalue weighted by Gasteiger charge is 2.57. The van der Waals surface area contributed by atoms with Gasteiger partial charge in [-0.2, -0.15) is 0 Å². The minimum absolute atomic E-state index is 0.539. The van der Waals surface area contributed by atoms with Crippen molar-refractivity contribution in [2.24, 2.45) is 46.8 Å². The van der Waals surface area contributed by atoms with Gasteiger partial charge in [-0.25, -0.2) is 0 Å². The number of fused-ring (bicyclic) bond motifs is 5. The van der Waals surface area contributed by atoms with E-state index in [0.717, 1.165) is 47.1 Å². The molecule has 4 fully saturated rings. The van der Waals surface area contributed by atoms with E-state index in [9.17, 15) is 0 Å². The van der Waals surface area contributed by atoms with Gasteiger partial charge in [0.05, 0.1) is 11.9 Å². The molecule has 4 aliphatic carbocycles. The van der Waals surface area contributed by atoms with E-state index in [1.165, 1.54) is 50.6 Å². The lowest BCUT2D eigenvalue weighted by molar-refractivity contribution is -0.0696. The average molecular weight is 423 g/mol. The number of hydrogen-bond acceptors (Lipinski definition) is 2. The van der Waals surface area contributed by atoms with Gasteiger partial charge in [-0.1, -0.05) is 33.1 Å². The first-order valence-electron chi connectivity index (χ1n) is 13.7. The van der Waals surface area contributed by atoms with E-state index in [4.69, 9.17) is 0 Å². The monoisotopic (exact) mass is 422 g/mol. The van der Waals surface area contributed by atoms with Crippen molar-refractivity contribution in [2.45, 2.75) is 104 Å². The smallest absolute Gasteiger partial charge is 0.0529 e. The Morgan fingerprint density at radius 3 is 2.65 bits per heavy atom. The SMILES string of the molecule is CCC[C@H]1CC[C@@H]2C3CC[C@@]4(C)C(CCC4[C@H](C)Nc4ccc(C)nc4)[C@@H]3CC[C@@H]2C1. The molecule has 172 valence electrons. The normalized spacial score (nSPS) is 42.9. The molecule has 1 aromatic rings. The van der Waals surface area contributed by atoms with Gasteiger partial charge in [-0.3, -0.25) is 4.98 Å². The van der Waals surface area contributed by atoms with Gasteiger partial charge < -0.3 is 5.32 Å². The molecule has 1 aromatic heterocycles. The largest absolute Gasteiger partial charge is 0.381 e. The van der Waals surface area contributed by atoms with Crippen LogP contribution in [0.4, 0.5) is 5.69 Å². The molecule has 31 heavy (non-hydrogen) atoms. The summed E-state index contributed by atoms with van der Waals surface area (Å²) < 4.78 is 0. The molecule has 4 aliphatic rings. The van der Waals surface area contributed by atoms with Gasteiger partial charge in [0.25, 0.3) is 0 Å². The maximum Gasteiger partial charge on any atom is 0.0529 e. The van der Waals surface area contributed by atoms with Gasteiger partial charge in [0.15, 0.2) is 0 Å². The van der Waals surface area contributed by atoms with Gasteiger partial charge in [-0.15, -0.1) is 0 Å². The minimum Gasteiger partial charge on any atom is -0.381 e. The third-order valence-electron chi connectivity index (χ3n) is 10.7. The lowest BCUT2D eigenvalue weighted by atomic mass is 9.49. The maximum absolute atomic E-state index is 4.50. The summed E-state index contributed by atoms with van der Waals surface area (Å²) in [6.45, 7) is 9.57. The van der Waals surface area contributed by atoms with Crippen molar-refractivity contribution >= 4 is 5.69 Å². The Balaban J connectivity index is 1.27. The summed E-state index contributed by atoms with van der Waals surface area (Å²) in [6.07, 6.45) is 18.5. The molecular formula is C29H46N2. The fourth-order valence-corrected chi connectivity index (χ4v) is 9.40. The predicted molar refractivity (Wildman–Crippen MR) is 131 cm³/mol. The van der Waals surface area contributed by atoms with Crippen LogP contribution in [0.2, 0.25) is 0 Å². The van der Waals surface area contributed by atoms with E-state index in [2.05, 4.69) is 50.1 Å². The fraction of sp³-hybridized carbons (Fsp3) is 0.828. The van der Waals surface area contributed by atoms with Crippen LogP contribution < -0.4 is 5.32 Å². The Bertz CT molecular complexity index is 742. The van der Waals surface area contributed by atoms with E-state index >= 15 is 0 Å². The molecule has 2 nitrogen and oxygen atoms in total. The fourth-order valence-electron chi connectivity index (χ4n) is 9.40. The predicted octanol–water partition coefficient (Wildman–Crippen LogP) is 7.88. The molecule has 0 radical (unpaired) electrons. The second-order valence-corrected chi connectivity index (χ2v) is 12.3. The van der Waals surface area contributed by atoms with E-state index in [1.807, 2.05) is 6.20 Å². The van der Waals surface area contributed by atoms with E-state index in [-0.39, 0.29) is 0 Å². The van der Waals surface area contributed by atoms with Crippen LogP contribution in [0.25, 0.3) is 0 Å². The number of hydrogen-bond donors (Lipinski definition) is 1. The molecule has 0 bridgehead atoms. The molecule has 3 unspecified atom stereocenters. The molecule has 0 saturated heterocycles. The highest BCUT2D eigenvalue weighted by Crippen LogP contribution is 2.65. The Labute approximate surface area is 191 Å². The molecular weight excluding hydrogens is 376 g/mol. The second-order valence-electron chi connectivity index (χ2n) is 12.3. The van der Waals surface area contributed by atoms with Crippen LogP contribution in [0.15, 0.2) is 18.3 Å². The van der Waals surface area contributed by atoms with Crippen molar-refractivity contribution in [3.05, 3.63) is 24.0 Å². The number of anilines is 1. The molecule has 0 aromatic carbocycles. The Morgan fingerprint density at radius 1 is 1.03 bits per heavy atom. The molecule has 4 saturated carbocycles. The number of nitrogens with zero attached hydrogens (tertiary/aromatic N) is 1. The van der Waals surface area contributed by atoms with Gasteiger partial charge >= 0.3 is 0 Å². The first-order valence-corrected chi connectivity index (χ1v) is 13.7. The zero-order valence-corrected chi connectivity index (χ0v) is 20.6. The van der Waals surface area contributed by atoms with Crippen molar-refractivity contribution in [1.29, 1.82) is 0 Å². The van der Waals surface area contributed by atoms with Crippen molar-refractivity contribution < 1.29 is 0 Å². The van der Waals surface area contributed by atoms with E-state index in [0.29, 0.717) is 11.5 Å². The highest BCUT2D eigenvalue weighted by atomic mass is 14.9. The molecule has 2 heteroatoms. The van der Waals surface area contributed by atoms with E-state index < -0.39 is 0 Å². The molecule has 1 N–H and O–H groups in total. The Morgan fingerprint density at radius 2 is 1.87 bits per heavy atom. The minimum atomic E-state index is 0.539. The number of rotatable bonds is 5. The molecule has 1 heterocycles. The summed E-state index contributed by atoms with van der Waals surface area (Å²) in [6, 6.07) is 4.88. The van der Waals surface area contributed by atoms with Gasteiger partial charge in [0, 0.05) is 11.7 Å². The molecule has 0 aliphatic heterocycles. The van der Waals surface area contributed by atoms with Crippen molar-refractivity contribution in [1.82, 2.24) is 4.98 Å². The summed E-state index contributed by atoms with van der Waals surface area (Å²) in [7, 11) is 0. The standard InChI is InChI=1S/C29H46N2/c1-5-6-21-8-11-24-22(17-21)9-12-26-25(24)15-16-29(4)27(13-14-28(26)29)20(3)31-23-10-7-19(2)30-18-23/h7,10,18,20-22,24-28,31H,5-6,8-9,11-17H2,1-4H3/t20-,21-,22+,24-,25?,26+,27?,28?,29+/m0/s1. The second kappa shape index (κ2) is 8.71. The number of pyridine rings is 1. The maximum atomic E-state index is 4.50. The summed E-state index contributed by atoms with van der Waals surface area (Å²) in [5.74, 6) is 7.07. The van der Waals surface area contributed by atoms with Crippen LogP contribution in [-0.2, 0) is 0 Å². The zero-order valence-electron chi connectivity index (χ0n) is 20.6. The van der Waals surface area contributed by atoms with Crippen LogP contribution in [0.3, 0.4) is 0 Å². The molecule has 9 atom stereocenters. The Kier molecular flexibility index (Phi) is 6.12. The quantitative estimate of drug-likeness (QED) is 0.522. The summed E-state index contributed by atoms with van der Waals surface area (Å²) in [5.41, 5.74) is 2.84. The van der Waals surface area contributed by atoms with Crippen LogP contribution in [0.1, 0.15) is 97.1 Å². The zero-order chi connectivity index (χ0) is 21.6. The van der Waals surface area contributed by atoms with Crippen molar-refractivity contribution in [3.8, 4) is 0 Å². The molecule has 5 rings (SSSR count). The van der Waals surface area contributed by atoms with Crippen LogP contribution in [-0.4, -0.2) is 11.0 Å². The van der Waals surface area contributed by atoms with Crippen molar-refractivity contribution in [3.63, 3.8) is 0 Å². The van der Waals surface area contributed by atoms with Gasteiger partial charge in [0.2, 0.25) is 0 Å². The van der Waals surface area contributed by atoms with E-state index in [1.54, 1.807) is 25.7 Å². The van der Waals surface area contributed by atoms with Crippen molar-refractivity contribution in [2.75, 3.05) is 5.32 Å². The number of aromatic nitrogens is 1. The molecule has 0 amide bonds.